The van der Waals surface area contributed by atoms with Crippen molar-refractivity contribution in [2.45, 2.75) is 32.9 Å². The first-order chi connectivity index (χ1) is 18.1. The number of hydroxylamine groups is 1. The molecule has 0 bridgehead atoms. The Labute approximate surface area is 214 Å². The van der Waals surface area contributed by atoms with Gasteiger partial charge in [0.05, 0.1) is 13.2 Å². The van der Waals surface area contributed by atoms with Gasteiger partial charge in [-0.3, -0.25) is 9.63 Å². The van der Waals surface area contributed by atoms with Crippen LogP contribution in [-0.2, 0) is 37.7 Å². The fourth-order valence-corrected chi connectivity index (χ4v) is 3.69. The molecule has 0 unspecified atom stereocenters. The Morgan fingerprint density at radius 3 is 2.14 bits per heavy atom. The molecule has 37 heavy (non-hydrogen) atoms. The molecule has 1 heterocycles. The molecule has 7 nitrogen and oxygen atoms in total. The molecule has 3 N–H and O–H groups in total. The van der Waals surface area contributed by atoms with Crippen molar-refractivity contribution < 1.29 is 23.9 Å². The van der Waals surface area contributed by atoms with Gasteiger partial charge in [-0.2, -0.15) is 0 Å². The summed E-state index contributed by atoms with van der Waals surface area (Å²) >= 11 is 0. The number of aliphatic hydroxyl groups excluding tert-OH is 1. The van der Waals surface area contributed by atoms with Crippen LogP contribution in [0.25, 0.3) is 0 Å². The van der Waals surface area contributed by atoms with Crippen LogP contribution in [0.2, 0.25) is 0 Å². The summed E-state index contributed by atoms with van der Waals surface area (Å²) in [5.74, 6) is -0.690. The van der Waals surface area contributed by atoms with Crippen molar-refractivity contribution in [3.63, 3.8) is 0 Å². The van der Waals surface area contributed by atoms with Gasteiger partial charge in [0.2, 0.25) is 0 Å². The third-order valence-corrected chi connectivity index (χ3v) is 5.63. The highest BCUT2D eigenvalue weighted by Crippen LogP contribution is 2.27. The number of benzene rings is 3. The van der Waals surface area contributed by atoms with Crippen molar-refractivity contribution in [3.8, 4) is 5.75 Å². The number of halogens is 1. The Balaban J connectivity index is 1.50. The quantitative estimate of drug-likeness (QED) is 0.249. The summed E-state index contributed by atoms with van der Waals surface area (Å²) in [6.07, 6.45) is 1.53. The summed E-state index contributed by atoms with van der Waals surface area (Å²) in [6.45, 7) is 0.860. The fraction of sp³-hybridized carbons (Fsp3) is 0.172. The zero-order valence-corrected chi connectivity index (χ0v) is 20.2. The summed E-state index contributed by atoms with van der Waals surface area (Å²) in [6, 6.07) is 25.1. The summed E-state index contributed by atoms with van der Waals surface area (Å²) in [7, 11) is 0. The van der Waals surface area contributed by atoms with Crippen LogP contribution < -0.4 is 15.5 Å². The summed E-state index contributed by atoms with van der Waals surface area (Å²) in [5, 5.41) is 13.5. The van der Waals surface area contributed by atoms with E-state index in [1.54, 1.807) is 12.1 Å². The topological polar surface area (TPSA) is 92.7 Å². The lowest BCUT2D eigenvalue weighted by Gasteiger charge is -2.18. The van der Waals surface area contributed by atoms with Crippen LogP contribution in [0.15, 0.2) is 91.1 Å². The highest BCUT2D eigenvalue weighted by atomic mass is 19.1. The molecule has 4 aromatic rings. The van der Waals surface area contributed by atoms with Gasteiger partial charge in [-0.25, -0.2) is 14.9 Å². The van der Waals surface area contributed by atoms with Gasteiger partial charge in [-0.15, -0.1) is 0 Å². The fourth-order valence-electron chi connectivity index (χ4n) is 3.69. The Bertz CT molecular complexity index is 1290. The van der Waals surface area contributed by atoms with Gasteiger partial charge >= 0.3 is 0 Å². The van der Waals surface area contributed by atoms with Crippen molar-refractivity contribution in [1.29, 1.82) is 0 Å². The normalized spacial score (nSPS) is 10.8. The Morgan fingerprint density at radius 1 is 0.838 bits per heavy atom. The molecule has 190 valence electrons. The molecule has 3 aromatic carbocycles. The van der Waals surface area contributed by atoms with E-state index >= 15 is 0 Å². The number of nitrogens with one attached hydrogen (secondary N) is 2. The number of aliphatic hydroxyl groups is 1. The van der Waals surface area contributed by atoms with Crippen LogP contribution >= 0.6 is 0 Å². The molecule has 0 atom stereocenters. The molecule has 0 spiro atoms. The standard InChI is InChI=1S/C29H28FN3O4/c30-25-13-11-21(12-14-25)15-31-16-24-17-32-27(29(35)33-37-20-23-9-5-2-6-10-23)28(26(24)18-34)36-19-22-7-3-1-4-8-22/h1-14,17,31,34H,15-16,18-20H2,(H,33,35). The second kappa shape index (κ2) is 13.3. The number of carbonyl (C=O) groups is 1. The maximum atomic E-state index is 13.2. The summed E-state index contributed by atoms with van der Waals surface area (Å²) in [4.78, 5) is 22.7. The molecule has 0 fully saturated rings. The first-order valence-corrected chi connectivity index (χ1v) is 11.8. The Morgan fingerprint density at radius 2 is 1.49 bits per heavy atom. The van der Waals surface area contributed by atoms with E-state index < -0.39 is 5.91 Å². The number of nitrogens with zero attached hydrogens (tertiary/aromatic N) is 1. The molecule has 8 heteroatoms. The van der Waals surface area contributed by atoms with Crippen molar-refractivity contribution in [1.82, 2.24) is 15.8 Å². The molecule has 0 aliphatic heterocycles. The largest absolute Gasteiger partial charge is 0.486 e. The molecule has 0 radical (unpaired) electrons. The monoisotopic (exact) mass is 501 g/mol. The van der Waals surface area contributed by atoms with Gasteiger partial charge in [0.1, 0.15) is 12.4 Å². The number of aromatic nitrogens is 1. The van der Waals surface area contributed by atoms with Crippen LogP contribution in [-0.4, -0.2) is 16.0 Å². The molecule has 1 aromatic heterocycles. The number of pyridine rings is 1. The smallest absolute Gasteiger partial charge is 0.297 e. The summed E-state index contributed by atoms with van der Waals surface area (Å²) in [5.41, 5.74) is 6.26. The minimum absolute atomic E-state index is 0.00956. The van der Waals surface area contributed by atoms with E-state index in [9.17, 15) is 14.3 Å². The van der Waals surface area contributed by atoms with E-state index in [0.29, 0.717) is 24.2 Å². The highest BCUT2D eigenvalue weighted by molar-refractivity contribution is 5.94. The van der Waals surface area contributed by atoms with Gasteiger partial charge in [0.25, 0.3) is 5.91 Å². The lowest BCUT2D eigenvalue weighted by atomic mass is 10.1. The van der Waals surface area contributed by atoms with E-state index in [2.05, 4.69) is 15.8 Å². The molecule has 4 rings (SSSR count). The van der Waals surface area contributed by atoms with Gasteiger partial charge in [-0.05, 0) is 34.4 Å². The second-order valence-corrected chi connectivity index (χ2v) is 8.31. The maximum Gasteiger partial charge on any atom is 0.297 e. The number of rotatable bonds is 12. The lowest BCUT2D eigenvalue weighted by Crippen LogP contribution is -2.26. The van der Waals surface area contributed by atoms with Crippen LogP contribution in [0.1, 0.15) is 38.3 Å². The molecule has 0 aliphatic carbocycles. The van der Waals surface area contributed by atoms with Crippen molar-refractivity contribution in [2.24, 2.45) is 0 Å². The number of hydrogen-bond donors (Lipinski definition) is 3. The maximum absolute atomic E-state index is 13.2. The van der Waals surface area contributed by atoms with Gasteiger partial charge in [0, 0.05) is 24.8 Å². The van der Waals surface area contributed by atoms with Crippen molar-refractivity contribution in [3.05, 3.63) is 130 Å². The third-order valence-electron chi connectivity index (χ3n) is 5.63. The molecule has 0 aliphatic rings. The van der Waals surface area contributed by atoms with E-state index in [1.165, 1.54) is 18.3 Å². The van der Waals surface area contributed by atoms with E-state index in [-0.39, 0.29) is 37.1 Å². The average Bonchev–Trinajstić information content (AvgIpc) is 2.94. The first kappa shape index (κ1) is 26.0. The average molecular weight is 502 g/mol. The zero-order chi connectivity index (χ0) is 25.9. The molecular formula is C29H28FN3O4. The predicted octanol–water partition coefficient (Wildman–Crippen LogP) is 4.44. The minimum Gasteiger partial charge on any atom is -0.486 e. The van der Waals surface area contributed by atoms with E-state index in [4.69, 9.17) is 9.57 Å². The number of ether oxygens (including phenoxy) is 1. The zero-order valence-electron chi connectivity index (χ0n) is 20.2. The predicted molar refractivity (Wildman–Crippen MR) is 137 cm³/mol. The SMILES string of the molecule is O=C(NOCc1ccccc1)c1ncc(CNCc2ccc(F)cc2)c(CO)c1OCc1ccccc1. The van der Waals surface area contributed by atoms with Crippen LogP contribution in [0, 0.1) is 5.82 Å². The Hall–Kier alpha value is -4.11. The van der Waals surface area contributed by atoms with Crippen LogP contribution in [0.5, 0.6) is 5.75 Å². The molecule has 0 saturated carbocycles. The van der Waals surface area contributed by atoms with Gasteiger partial charge < -0.3 is 15.2 Å². The highest BCUT2D eigenvalue weighted by Gasteiger charge is 2.21. The third kappa shape index (κ3) is 7.44. The number of amides is 1. The summed E-state index contributed by atoms with van der Waals surface area (Å²) < 4.78 is 19.2. The number of carbonyl (C=O) groups excluding carboxylic acids is 1. The van der Waals surface area contributed by atoms with Crippen LogP contribution in [0.3, 0.4) is 0 Å². The second-order valence-electron chi connectivity index (χ2n) is 8.31. The van der Waals surface area contributed by atoms with Crippen molar-refractivity contribution in [2.75, 3.05) is 0 Å². The van der Waals surface area contributed by atoms with Gasteiger partial charge in [-0.1, -0.05) is 72.8 Å². The Kier molecular flexibility index (Phi) is 9.31. The van der Waals surface area contributed by atoms with Crippen LogP contribution in [0.4, 0.5) is 4.39 Å². The minimum atomic E-state index is -0.584. The van der Waals surface area contributed by atoms with E-state index in [1.807, 2.05) is 60.7 Å². The van der Waals surface area contributed by atoms with E-state index in [0.717, 1.165) is 16.7 Å². The molecule has 1 amide bonds. The van der Waals surface area contributed by atoms with Gasteiger partial charge in [0.15, 0.2) is 11.4 Å². The van der Waals surface area contributed by atoms with Crippen molar-refractivity contribution >= 4 is 5.91 Å². The first-order valence-electron chi connectivity index (χ1n) is 11.8. The molecular weight excluding hydrogens is 473 g/mol. The number of hydrogen-bond acceptors (Lipinski definition) is 6. The molecule has 0 saturated heterocycles. The lowest BCUT2D eigenvalue weighted by molar-refractivity contribution is 0.0226.